The molecule has 4 N–H and O–H groups in total. The highest BCUT2D eigenvalue weighted by Crippen LogP contribution is 2.22. The third kappa shape index (κ3) is 4.63. The lowest BCUT2D eigenvalue weighted by Crippen LogP contribution is -2.32. The van der Waals surface area contributed by atoms with Gasteiger partial charge in [0.15, 0.2) is 0 Å². The van der Waals surface area contributed by atoms with Gasteiger partial charge >= 0.3 is 0 Å². The Hall–Kier alpha value is -1.37. The number of nitrogens with two attached hydrogens (primary N) is 2. The first-order valence-corrected chi connectivity index (χ1v) is 7.78. The van der Waals surface area contributed by atoms with E-state index in [0.29, 0.717) is 13.1 Å². The van der Waals surface area contributed by atoms with E-state index in [2.05, 4.69) is 22.0 Å². The predicted molar refractivity (Wildman–Crippen MR) is 86.2 cm³/mol. The van der Waals surface area contributed by atoms with E-state index >= 15 is 0 Å². The fourth-order valence-corrected chi connectivity index (χ4v) is 3.49. The van der Waals surface area contributed by atoms with E-state index in [1.54, 1.807) is 11.3 Å². The Labute approximate surface area is 130 Å². The summed E-state index contributed by atoms with van der Waals surface area (Å²) in [5.74, 6) is -0.329. The molecule has 1 aromatic heterocycles. The Morgan fingerprint density at radius 3 is 2.70 bits per heavy atom. The molecule has 2 rings (SSSR count). The SMILES string of the molecule is NC(=O)CN(Cc1cccc(N)c1)Cc1cc(Br)cs1. The van der Waals surface area contributed by atoms with E-state index in [4.69, 9.17) is 11.5 Å². The molecule has 0 bridgehead atoms. The molecule has 0 saturated heterocycles. The van der Waals surface area contributed by atoms with Crippen LogP contribution in [0.3, 0.4) is 0 Å². The van der Waals surface area contributed by atoms with Gasteiger partial charge in [-0.1, -0.05) is 12.1 Å². The van der Waals surface area contributed by atoms with Gasteiger partial charge in [-0.25, -0.2) is 0 Å². The number of nitrogen functional groups attached to an aromatic ring is 1. The number of hydrogen-bond acceptors (Lipinski definition) is 4. The predicted octanol–water partition coefficient (Wildman–Crippen LogP) is 2.58. The number of carbonyl (C=O) groups excluding carboxylic acids is 1. The van der Waals surface area contributed by atoms with E-state index in [1.807, 2.05) is 34.5 Å². The van der Waals surface area contributed by atoms with Gasteiger partial charge in [0, 0.05) is 33.5 Å². The number of nitrogens with zero attached hydrogens (tertiary/aromatic N) is 1. The van der Waals surface area contributed by atoms with E-state index < -0.39 is 0 Å². The van der Waals surface area contributed by atoms with Crippen molar-refractivity contribution in [2.75, 3.05) is 12.3 Å². The van der Waals surface area contributed by atoms with Crippen molar-refractivity contribution in [3.8, 4) is 0 Å². The number of amides is 1. The topological polar surface area (TPSA) is 72.4 Å². The minimum Gasteiger partial charge on any atom is -0.399 e. The normalized spacial score (nSPS) is 10.9. The smallest absolute Gasteiger partial charge is 0.231 e. The zero-order chi connectivity index (χ0) is 14.5. The zero-order valence-corrected chi connectivity index (χ0v) is 13.3. The second-order valence-corrected chi connectivity index (χ2v) is 6.50. The lowest BCUT2D eigenvalue weighted by atomic mass is 10.2. The number of carbonyl (C=O) groups is 1. The molecule has 0 fully saturated rings. The highest BCUT2D eigenvalue weighted by Gasteiger charge is 2.11. The van der Waals surface area contributed by atoms with Gasteiger partial charge in [-0.05, 0) is 39.7 Å². The van der Waals surface area contributed by atoms with Crippen LogP contribution in [0.1, 0.15) is 10.4 Å². The molecule has 0 aliphatic carbocycles. The Morgan fingerprint density at radius 1 is 1.30 bits per heavy atom. The molecule has 1 aromatic carbocycles. The van der Waals surface area contributed by atoms with Gasteiger partial charge in [0.1, 0.15) is 0 Å². The van der Waals surface area contributed by atoms with Gasteiger partial charge in [-0.3, -0.25) is 9.69 Å². The minimum absolute atomic E-state index is 0.227. The molecule has 0 spiro atoms. The van der Waals surface area contributed by atoms with E-state index in [-0.39, 0.29) is 12.5 Å². The number of anilines is 1. The molecule has 0 atom stereocenters. The number of benzene rings is 1. The number of thiophene rings is 1. The van der Waals surface area contributed by atoms with Crippen LogP contribution >= 0.6 is 27.3 Å². The quantitative estimate of drug-likeness (QED) is 0.784. The van der Waals surface area contributed by atoms with Crippen LogP contribution in [0.25, 0.3) is 0 Å². The second-order valence-electron chi connectivity index (χ2n) is 4.59. The van der Waals surface area contributed by atoms with Crippen LogP contribution in [0, 0.1) is 0 Å². The number of halogens is 1. The lowest BCUT2D eigenvalue weighted by molar-refractivity contribution is -0.119. The summed E-state index contributed by atoms with van der Waals surface area (Å²) in [7, 11) is 0. The average molecular weight is 354 g/mol. The summed E-state index contributed by atoms with van der Waals surface area (Å²) in [4.78, 5) is 14.4. The molecule has 0 aliphatic rings. The number of rotatable bonds is 6. The van der Waals surface area contributed by atoms with Crippen molar-refractivity contribution < 1.29 is 4.79 Å². The molecule has 6 heteroatoms. The molecule has 2 aromatic rings. The van der Waals surface area contributed by atoms with Gasteiger partial charge in [-0.2, -0.15) is 0 Å². The van der Waals surface area contributed by atoms with Crippen LogP contribution in [0.2, 0.25) is 0 Å². The maximum absolute atomic E-state index is 11.2. The third-order valence-corrected chi connectivity index (χ3v) is 4.42. The van der Waals surface area contributed by atoms with Gasteiger partial charge in [0.05, 0.1) is 6.54 Å². The van der Waals surface area contributed by atoms with Crippen molar-refractivity contribution >= 4 is 38.9 Å². The zero-order valence-electron chi connectivity index (χ0n) is 10.9. The summed E-state index contributed by atoms with van der Waals surface area (Å²) in [5.41, 5.74) is 12.9. The minimum atomic E-state index is -0.329. The van der Waals surface area contributed by atoms with Gasteiger partial charge in [0.2, 0.25) is 5.91 Å². The summed E-state index contributed by atoms with van der Waals surface area (Å²) in [5, 5.41) is 2.03. The molecule has 106 valence electrons. The van der Waals surface area contributed by atoms with Crippen LogP contribution in [0.15, 0.2) is 40.2 Å². The summed E-state index contributed by atoms with van der Waals surface area (Å²) in [6, 6.07) is 9.72. The van der Waals surface area contributed by atoms with Crippen LogP contribution in [-0.2, 0) is 17.9 Å². The van der Waals surface area contributed by atoms with Gasteiger partial charge in [-0.15, -0.1) is 11.3 Å². The van der Waals surface area contributed by atoms with Crippen molar-refractivity contribution in [1.82, 2.24) is 4.90 Å². The van der Waals surface area contributed by atoms with E-state index in [0.717, 1.165) is 15.7 Å². The molecule has 0 radical (unpaired) electrons. The maximum atomic E-state index is 11.2. The summed E-state index contributed by atoms with van der Waals surface area (Å²) < 4.78 is 1.06. The number of primary amides is 1. The third-order valence-electron chi connectivity index (χ3n) is 2.74. The largest absolute Gasteiger partial charge is 0.399 e. The summed E-state index contributed by atoms with van der Waals surface area (Å²) in [6.07, 6.45) is 0. The highest BCUT2D eigenvalue weighted by atomic mass is 79.9. The second kappa shape index (κ2) is 6.88. The van der Waals surface area contributed by atoms with Crippen LogP contribution in [0.5, 0.6) is 0 Å². The average Bonchev–Trinajstić information content (AvgIpc) is 2.73. The van der Waals surface area contributed by atoms with Gasteiger partial charge in [0.25, 0.3) is 0 Å². The molecule has 0 saturated carbocycles. The lowest BCUT2D eigenvalue weighted by Gasteiger charge is -2.20. The Kier molecular flexibility index (Phi) is 5.17. The molecule has 0 aliphatic heterocycles. The summed E-state index contributed by atoms with van der Waals surface area (Å²) >= 11 is 5.09. The van der Waals surface area contributed by atoms with Crippen molar-refractivity contribution in [2.24, 2.45) is 5.73 Å². The van der Waals surface area contributed by atoms with Crippen molar-refractivity contribution in [2.45, 2.75) is 13.1 Å². The van der Waals surface area contributed by atoms with Gasteiger partial charge < -0.3 is 11.5 Å². The van der Waals surface area contributed by atoms with Crippen molar-refractivity contribution in [3.63, 3.8) is 0 Å². The Morgan fingerprint density at radius 2 is 2.10 bits per heavy atom. The maximum Gasteiger partial charge on any atom is 0.231 e. The fourth-order valence-electron chi connectivity index (χ4n) is 1.99. The molecule has 1 heterocycles. The van der Waals surface area contributed by atoms with Crippen LogP contribution in [0.4, 0.5) is 5.69 Å². The summed E-state index contributed by atoms with van der Waals surface area (Å²) in [6.45, 7) is 1.56. The molecule has 20 heavy (non-hydrogen) atoms. The monoisotopic (exact) mass is 353 g/mol. The Bertz CT molecular complexity index is 600. The molecular weight excluding hydrogens is 338 g/mol. The standard InChI is InChI=1S/C14H16BrN3OS/c15-11-5-13(20-9-11)7-18(8-14(17)19)6-10-2-1-3-12(16)4-10/h1-5,9H,6-8,16H2,(H2,17,19). The number of hydrogen-bond donors (Lipinski definition) is 2. The molecule has 1 amide bonds. The van der Waals surface area contributed by atoms with Crippen molar-refractivity contribution in [3.05, 3.63) is 50.6 Å². The highest BCUT2D eigenvalue weighted by molar-refractivity contribution is 9.10. The molecule has 0 unspecified atom stereocenters. The van der Waals surface area contributed by atoms with Crippen molar-refractivity contribution in [1.29, 1.82) is 0 Å². The first kappa shape index (κ1) is 15.0. The Balaban J connectivity index is 2.09. The fraction of sp³-hybridized carbons (Fsp3) is 0.214. The first-order valence-electron chi connectivity index (χ1n) is 6.11. The van der Waals surface area contributed by atoms with Crippen LogP contribution < -0.4 is 11.5 Å². The molecule has 4 nitrogen and oxygen atoms in total. The van der Waals surface area contributed by atoms with E-state index in [9.17, 15) is 4.79 Å². The van der Waals surface area contributed by atoms with E-state index in [1.165, 1.54) is 4.88 Å². The molecular formula is C14H16BrN3OS. The van der Waals surface area contributed by atoms with Crippen LogP contribution in [-0.4, -0.2) is 17.4 Å². The first-order chi connectivity index (χ1) is 9.52.